The number of nitrogens with zero attached hydrogens (tertiary/aromatic N) is 3. The number of benzene rings is 2. The zero-order chi connectivity index (χ0) is 10.5. The predicted molar refractivity (Wildman–Crippen MR) is 63.5 cm³/mol. The van der Waals surface area contributed by atoms with Crippen LogP contribution in [0, 0.1) is 0 Å². The van der Waals surface area contributed by atoms with Crippen LogP contribution in [0.1, 0.15) is 0 Å². The minimum Gasteiger partial charge on any atom is -0.366 e. The Morgan fingerprint density at radius 2 is 1.59 bits per heavy atom. The van der Waals surface area contributed by atoms with Crippen molar-refractivity contribution in [3.8, 4) is 0 Å². The van der Waals surface area contributed by atoms with Crippen molar-refractivity contribution in [3.05, 3.63) is 48.5 Å². The summed E-state index contributed by atoms with van der Waals surface area (Å²) in [6.45, 7) is 0. The first-order chi connectivity index (χ1) is 7.93. The molecule has 0 amide bonds. The summed E-state index contributed by atoms with van der Waals surface area (Å²) < 4.78 is 2.10. The van der Waals surface area contributed by atoms with Gasteiger partial charge in [-0.3, -0.25) is 0 Å². The summed E-state index contributed by atoms with van der Waals surface area (Å²) in [6.07, 6.45) is 0. The Morgan fingerprint density at radius 3 is 2.47 bits per heavy atom. The van der Waals surface area contributed by atoms with Gasteiger partial charge in [0, 0.05) is 27.8 Å². The van der Waals surface area contributed by atoms with E-state index in [1.165, 1.54) is 0 Å². The van der Waals surface area contributed by atoms with Crippen LogP contribution in [-0.4, -0.2) is 9.38 Å². The van der Waals surface area contributed by atoms with Crippen LogP contribution in [-0.2, 0) is 22.4 Å². The summed E-state index contributed by atoms with van der Waals surface area (Å²) in [7, 11) is 0. The molecule has 0 aliphatic heterocycles. The van der Waals surface area contributed by atoms with Crippen LogP contribution in [0.25, 0.3) is 27.8 Å². The number of hydrogen-bond acceptors (Lipinski definition) is 1. The van der Waals surface area contributed by atoms with Gasteiger partial charge in [0.05, 0.1) is 0 Å². The Bertz CT molecular complexity index is 748. The SMILES string of the molecule is [Au+].c1ccc2c(c1)nc1[n-]c3ccccc3n12. The first-order valence-corrected chi connectivity index (χ1v) is 5.22. The first kappa shape index (κ1) is 10.6. The van der Waals surface area contributed by atoms with Gasteiger partial charge in [-0.25, -0.2) is 0 Å². The molecule has 0 saturated carbocycles. The molecule has 0 bridgehead atoms. The average Bonchev–Trinajstić information content (AvgIpc) is 2.83. The number of fused-ring (bicyclic) bond motifs is 5. The summed E-state index contributed by atoms with van der Waals surface area (Å²) in [5.74, 6) is 0.780. The molecule has 0 atom stereocenters. The minimum absolute atomic E-state index is 0. The molecule has 2 aromatic carbocycles. The van der Waals surface area contributed by atoms with Crippen molar-refractivity contribution in [2.24, 2.45) is 0 Å². The second-order valence-electron chi connectivity index (χ2n) is 3.84. The standard InChI is InChI=1S/C13H8N3.Au/c1-3-7-11-9(5-1)14-13-15-10-6-2-4-8-12(10)16(11)13;/h1-8H;/q-1;+1. The van der Waals surface area contributed by atoms with Crippen molar-refractivity contribution in [2.75, 3.05) is 0 Å². The maximum atomic E-state index is 4.50. The van der Waals surface area contributed by atoms with Gasteiger partial charge in [0.15, 0.2) is 0 Å². The molecule has 0 aliphatic carbocycles. The second kappa shape index (κ2) is 3.74. The van der Waals surface area contributed by atoms with Gasteiger partial charge in [-0.15, -0.1) is 0 Å². The van der Waals surface area contributed by atoms with Crippen LogP contribution >= 0.6 is 0 Å². The van der Waals surface area contributed by atoms with Crippen molar-refractivity contribution in [1.82, 2.24) is 14.4 Å². The normalized spacial score (nSPS) is 11.1. The molecule has 0 fully saturated rings. The van der Waals surface area contributed by atoms with Crippen molar-refractivity contribution < 1.29 is 22.4 Å². The zero-order valence-electron chi connectivity index (χ0n) is 8.76. The maximum absolute atomic E-state index is 4.50. The van der Waals surface area contributed by atoms with Crippen LogP contribution in [0.3, 0.4) is 0 Å². The fourth-order valence-electron chi connectivity index (χ4n) is 2.18. The Kier molecular flexibility index (Phi) is 2.33. The average molecular weight is 403 g/mol. The van der Waals surface area contributed by atoms with Gasteiger partial charge in [-0.2, -0.15) is 0 Å². The maximum Gasteiger partial charge on any atom is 1.00 e. The molecule has 0 aliphatic rings. The summed E-state index contributed by atoms with van der Waals surface area (Å²) in [5.41, 5.74) is 4.23. The van der Waals surface area contributed by atoms with E-state index in [4.69, 9.17) is 0 Å². The van der Waals surface area contributed by atoms with Crippen LogP contribution in [0.2, 0.25) is 0 Å². The molecule has 0 spiro atoms. The van der Waals surface area contributed by atoms with E-state index in [9.17, 15) is 0 Å². The van der Waals surface area contributed by atoms with Gasteiger partial charge >= 0.3 is 22.4 Å². The van der Waals surface area contributed by atoms with E-state index in [-0.39, 0.29) is 22.4 Å². The molecule has 86 valence electrons. The van der Waals surface area contributed by atoms with E-state index in [1.54, 1.807) is 0 Å². The molecular formula is C13H8AuN3. The van der Waals surface area contributed by atoms with Gasteiger partial charge in [-0.05, 0) is 0 Å². The van der Waals surface area contributed by atoms with Crippen molar-refractivity contribution in [1.29, 1.82) is 0 Å². The molecule has 0 saturated heterocycles. The summed E-state index contributed by atoms with van der Waals surface area (Å²) in [5, 5.41) is 0. The van der Waals surface area contributed by atoms with Gasteiger partial charge < -0.3 is 14.4 Å². The van der Waals surface area contributed by atoms with E-state index in [1.807, 2.05) is 36.4 Å². The molecule has 4 heteroatoms. The quantitative estimate of drug-likeness (QED) is 0.423. The third-order valence-electron chi connectivity index (χ3n) is 2.89. The van der Waals surface area contributed by atoms with Crippen LogP contribution in [0.15, 0.2) is 48.5 Å². The van der Waals surface area contributed by atoms with Gasteiger partial charge in [0.1, 0.15) is 0 Å². The minimum atomic E-state index is 0. The Labute approximate surface area is 113 Å². The summed E-state index contributed by atoms with van der Waals surface area (Å²) >= 11 is 0. The Hall–Kier alpha value is -1.55. The van der Waals surface area contributed by atoms with Gasteiger partial charge in [0.2, 0.25) is 0 Å². The third-order valence-corrected chi connectivity index (χ3v) is 2.89. The molecule has 3 nitrogen and oxygen atoms in total. The number of hydrogen-bond donors (Lipinski definition) is 0. The van der Waals surface area contributed by atoms with Crippen LogP contribution in [0.4, 0.5) is 0 Å². The zero-order valence-corrected chi connectivity index (χ0v) is 10.9. The van der Waals surface area contributed by atoms with E-state index in [0.29, 0.717) is 0 Å². The molecule has 4 aromatic rings. The number of aromatic nitrogens is 3. The molecule has 2 aromatic heterocycles. The molecule has 0 N–H and O–H groups in total. The largest absolute Gasteiger partial charge is 1.00 e. The summed E-state index contributed by atoms with van der Waals surface area (Å²) in [4.78, 5) is 9.01. The predicted octanol–water partition coefficient (Wildman–Crippen LogP) is 2.60. The van der Waals surface area contributed by atoms with Crippen molar-refractivity contribution in [3.63, 3.8) is 0 Å². The molecular weight excluding hydrogens is 395 g/mol. The topological polar surface area (TPSA) is 31.4 Å². The number of para-hydroxylation sites is 4. The smallest absolute Gasteiger partial charge is 0.366 e. The van der Waals surface area contributed by atoms with Crippen LogP contribution in [0.5, 0.6) is 0 Å². The molecule has 4 rings (SSSR count). The fourth-order valence-corrected chi connectivity index (χ4v) is 2.18. The first-order valence-electron chi connectivity index (χ1n) is 5.22. The van der Waals surface area contributed by atoms with Gasteiger partial charge in [-0.1, -0.05) is 48.5 Å². The fraction of sp³-hybridized carbons (Fsp3) is 0. The number of rotatable bonds is 0. The van der Waals surface area contributed by atoms with Crippen molar-refractivity contribution in [2.45, 2.75) is 0 Å². The molecule has 2 heterocycles. The van der Waals surface area contributed by atoms with Crippen LogP contribution < -0.4 is 4.98 Å². The van der Waals surface area contributed by atoms with Gasteiger partial charge in [0.25, 0.3) is 0 Å². The number of imidazole rings is 2. The van der Waals surface area contributed by atoms with E-state index in [0.717, 1.165) is 27.8 Å². The molecule has 17 heavy (non-hydrogen) atoms. The Balaban J connectivity index is 0.000000902. The third kappa shape index (κ3) is 1.37. The Morgan fingerprint density at radius 1 is 0.882 bits per heavy atom. The monoisotopic (exact) mass is 403 g/mol. The van der Waals surface area contributed by atoms with Crippen molar-refractivity contribution >= 4 is 27.8 Å². The van der Waals surface area contributed by atoms with E-state index in [2.05, 4.69) is 26.5 Å². The van der Waals surface area contributed by atoms with E-state index >= 15 is 0 Å². The summed E-state index contributed by atoms with van der Waals surface area (Å²) in [6, 6.07) is 16.2. The molecule has 0 unspecified atom stereocenters. The molecule has 0 radical (unpaired) electrons. The second-order valence-corrected chi connectivity index (χ2v) is 3.84. The van der Waals surface area contributed by atoms with E-state index < -0.39 is 0 Å².